The lowest BCUT2D eigenvalue weighted by Crippen LogP contribution is -1.98. The third kappa shape index (κ3) is 3.46. The van der Waals surface area contributed by atoms with Gasteiger partial charge in [-0.05, 0) is 43.3 Å². The van der Waals surface area contributed by atoms with Gasteiger partial charge in [0.15, 0.2) is 14.4 Å². The lowest BCUT2D eigenvalue weighted by Gasteiger charge is -2.00. The van der Waals surface area contributed by atoms with Crippen molar-refractivity contribution in [3.05, 3.63) is 33.4 Å². The van der Waals surface area contributed by atoms with Gasteiger partial charge in [-0.25, -0.2) is 14.8 Å². The molecule has 0 amide bonds. The Balaban J connectivity index is 2.26. The van der Waals surface area contributed by atoms with Gasteiger partial charge in [0.2, 0.25) is 0 Å². The molecule has 19 heavy (non-hydrogen) atoms. The first-order valence-corrected chi connectivity index (χ1v) is 7.38. The molecule has 2 aromatic rings. The predicted octanol–water partition coefficient (Wildman–Crippen LogP) is 3.75. The lowest BCUT2D eigenvalue weighted by molar-refractivity contribution is 0.0606. The van der Waals surface area contributed by atoms with Crippen molar-refractivity contribution < 1.29 is 9.53 Å². The number of hydrogen-bond donors (Lipinski definition) is 0. The van der Waals surface area contributed by atoms with E-state index in [1.807, 2.05) is 26.0 Å². The molecule has 0 aromatic carbocycles. The van der Waals surface area contributed by atoms with Gasteiger partial charge >= 0.3 is 5.97 Å². The number of thiazole rings is 1. The summed E-state index contributed by atoms with van der Waals surface area (Å²) >= 11 is 8.50. The zero-order chi connectivity index (χ0) is 14.0. The normalized spacial score (nSPS) is 10.5. The molecule has 0 saturated carbocycles. The van der Waals surface area contributed by atoms with Crippen LogP contribution in [0.2, 0.25) is 5.15 Å². The Bertz CT molecular complexity index is 608. The molecule has 0 aliphatic heterocycles. The van der Waals surface area contributed by atoms with Crippen molar-refractivity contribution in [3.8, 4) is 0 Å². The first-order valence-electron chi connectivity index (χ1n) is 5.37. The third-order valence-electron chi connectivity index (χ3n) is 2.20. The second kappa shape index (κ2) is 5.90. The first-order chi connectivity index (χ1) is 8.99. The highest BCUT2D eigenvalue weighted by molar-refractivity contribution is 8.01. The smallest absolute Gasteiger partial charge is 0.351 e. The summed E-state index contributed by atoms with van der Waals surface area (Å²) in [6.45, 7) is 3.94. The van der Waals surface area contributed by atoms with E-state index in [0.717, 1.165) is 16.3 Å². The van der Waals surface area contributed by atoms with E-state index in [1.165, 1.54) is 30.2 Å². The van der Waals surface area contributed by atoms with Crippen LogP contribution >= 0.6 is 34.7 Å². The highest BCUT2D eigenvalue weighted by atomic mass is 35.5. The number of methoxy groups -OCH3 is 1. The molecule has 0 aliphatic rings. The van der Waals surface area contributed by atoms with Gasteiger partial charge in [-0.15, -0.1) is 0 Å². The summed E-state index contributed by atoms with van der Waals surface area (Å²) in [4.78, 5) is 20.3. The molecule has 4 nitrogen and oxygen atoms in total. The molecule has 100 valence electrons. The maximum atomic E-state index is 11.4. The summed E-state index contributed by atoms with van der Waals surface area (Å²) < 4.78 is 5.31. The maximum Gasteiger partial charge on any atom is 0.351 e. The fourth-order valence-electron chi connectivity index (χ4n) is 1.49. The number of aromatic nitrogens is 2. The number of rotatable bonds is 3. The van der Waals surface area contributed by atoms with Gasteiger partial charge in [-0.1, -0.05) is 22.9 Å². The molecule has 2 rings (SSSR count). The van der Waals surface area contributed by atoms with Crippen molar-refractivity contribution in [1.82, 2.24) is 9.97 Å². The topological polar surface area (TPSA) is 52.1 Å². The second-order valence-electron chi connectivity index (χ2n) is 3.82. The molecule has 0 unspecified atom stereocenters. The van der Waals surface area contributed by atoms with Crippen molar-refractivity contribution >= 4 is 40.7 Å². The van der Waals surface area contributed by atoms with E-state index in [9.17, 15) is 4.79 Å². The first kappa shape index (κ1) is 14.3. The van der Waals surface area contributed by atoms with Crippen LogP contribution in [0, 0.1) is 13.8 Å². The molecule has 0 spiro atoms. The summed E-state index contributed by atoms with van der Waals surface area (Å²) in [7, 11) is 1.32. The maximum absolute atomic E-state index is 11.4. The Kier molecular flexibility index (Phi) is 4.44. The van der Waals surface area contributed by atoms with Crippen LogP contribution in [0.3, 0.4) is 0 Å². The van der Waals surface area contributed by atoms with Crippen molar-refractivity contribution in [2.45, 2.75) is 23.2 Å². The third-order valence-corrected chi connectivity index (χ3v) is 4.60. The number of halogens is 1. The van der Waals surface area contributed by atoms with Gasteiger partial charge in [0.05, 0.1) is 7.11 Å². The van der Waals surface area contributed by atoms with E-state index in [-0.39, 0.29) is 5.15 Å². The van der Waals surface area contributed by atoms with Crippen LogP contribution in [0.4, 0.5) is 0 Å². The number of ether oxygens (including phenoxy) is 1. The molecule has 2 aromatic heterocycles. The number of carbonyl (C=O) groups is 1. The summed E-state index contributed by atoms with van der Waals surface area (Å²) in [5, 5.41) is 1.00. The van der Waals surface area contributed by atoms with Crippen LogP contribution < -0.4 is 0 Å². The fourth-order valence-corrected chi connectivity index (χ4v) is 3.90. The van der Waals surface area contributed by atoms with E-state index >= 15 is 0 Å². The molecule has 0 saturated heterocycles. The number of carbonyl (C=O) groups excluding carboxylic acids is 1. The number of hydrogen-bond acceptors (Lipinski definition) is 6. The molecule has 0 bridgehead atoms. The zero-order valence-corrected chi connectivity index (χ0v) is 12.9. The molecular weight excluding hydrogens is 304 g/mol. The van der Waals surface area contributed by atoms with Crippen molar-refractivity contribution in [3.63, 3.8) is 0 Å². The number of esters is 1. The monoisotopic (exact) mass is 314 g/mol. The van der Waals surface area contributed by atoms with E-state index in [4.69, 9.17) is 11.6 Å². The minimum absolute atomic E-state index is 0.170. The van der Waals surface area contributed by atoms with Crippen LogP contribution in [0.1, 0.15) is 20.9 Å². The predicted molar refractivity (Wildman–Crippen MR) is 76.3 cm³/mol. The summed E-state index contributed by atoms with van der Waals surface area (Å²) in [5.74, 6) is -0.470. The number of aryl methyl sites for hydroxylation is 2. The molecule has 0 atom stereocenters. The molecule has 2 heterocycles. The minimum Gasteiger partial charge on any atom is -0.465 e. The molecule has 0 fully saturated rings. The highest BCUT2D eigenvalue weighted by Gasteiger charge is 2.18. The van der Waals surface area contributed by atoms with Crippen LogP contribution in [-0.2, 0) is 4.74 Å². The van der Waals surface area contributed by atoms with Gasteiger partial charge in [0, 0.05) is 5.69 Å². The number of pyridine rings is 1. The average Bonchev–Trinajstić information content (AvgIpc) is 2.68. The quantitative estimate of drug-likeness (QED) is 0.808. The molecule has 0 aliphatic carbocycles. The summed E-state index contributed by atoms with van der Waals surface area (Å²) in [6.07, 6.45) is 0. The standard InChI is InChI=1S/C12H11ClN2O2S2/c1-6-4-7(2)14-8(5-6)18-12-15-10(13)9(19-12)11(16)17-3/h4-5H,1-3H3. The second-order valence-corrected chi connectivity index (χ2v) is 6.44. The highest BCUT2D eigenvalue weighted by Crippen LogP contribution is 2.34. The Morgan fingerprint density at radius 2 is 2.11 bits per heavy atom. The lowest BCUT2D eigenvalue weighted by atomic mass is 10.3. The molecule has 0 N–H and O–H groups in total. The van der Waals surface area contributed by atoms with Crippen LogP contribution in [0.25, 0.3) is 0 Å². The number of nitrogens with zero attached hydrogens (tertiary/aromatic N) is 2. The SMILES string of the molecule is COC(=O)c1sc(Sc2cc(C)cc(C)n2)nc1Cl. The van der Waals surface area contributed by atoms with E-state index in [2.05, 4.69) is 14.7 Å². The Morgan fingerprint density at radius 3 is 2.74 bits per heavy atom. The molecule has 0 radical (unpaired) electrons. The Labute approximate surface area is 124 Å². The summed E-state index contributed by atoms with van der Waals surface area (Å²) in [6, 6.07) is 3.96. The van der Waals surface area contributed by atoms with E-state index in [1.54, 1.807) is 0 Å². The van der Waals surface area contributed by atoms with Crippen LogP contribution in [0.15, 0.2) is 21.5 Å². The van der Waals surface area contributed by atoms with Crippen LogP contribution in [0.5, 0.6) is 0 Å². The molecular formula is C12H11ClN2O2S2. The van der Waals surface area contributed by atoms with Crippen LogP contribution in [-0.4, -0.2) is 23.0 Å². The molecule has 7 heteroatoms. The van der Waals surface area contributed by atoms with Gasteiger partial charge in [0.1, 0.15) is 5.03 Å². The van der Waals surface area contributed by atoms with Crippen molar-refractivity contribution in [2.24, 2.45) is 0 Å². The van der Waals surface area contributed by atoms with Crippen molar-refractivity contribution in [1.29, 1.82) is 0 Å². The Morgan fingerprint density at radius 1 is 1.37 bits per heavy atom. The summed E-state index contributed by atoms with van der Waals surface area (Å²) in [5.41, 5.74) is 2.07. The van der Waals surface area contributed by atoms with Crippen molar-refractivity contribution in [2.75, 3.05) is 7.11 Å². The van der Waals surface area contributed by atoms with Gasteiger partial charge in [-0.2, -0.15) is 0 Å². The zero-order valence-electron chi connectivity index (χ0n) is 10.6. The fraction of sp³-hybridized carbons (Fsp3) is 0.250. The van der Waals surface area contributed by atoms with E-state index < -0.39 is 5.97 Å². The Hall–Kier alpha value is -1.11. The van der Waals surface area contributed by atoms with Gasteiger partial charge in [0.25, 0.3) is 0 Å². The largest absolute Gasteiger partial charge is 0.465 e. The van der Waals surface area contributed by atoms with Gasteiger partial charge < -0.3 is 4.74 Å². The minimum atomic E-state index is -0.470. The van der Waals surface area contributed by atoms with E-state index in [0.29, 0.717) is 9.22 Å². The van der Waals surface area contributed by atoms with Gasteiger partial charge in [-0.3, -0.25) is 0 Å². The average molecular weight is 315 g/mol.